The van der Waals surface area contributed by atoms with Crippen LogP contribution in [0.1, 0.15) is 5.56 Å². The molecule has 0 saturated heterocycles. The van der Waals surface area contributed by atoms with Crippen LogP contribution in [0.25, 0.3) is 10.9 Å². The second-order valence-electron chi connectivity index (χ2n) is 6.16. The van der Waals surface area contributed by atoms with Gasteiger partial charge in [0.2, 0.25) is 5.91 Å². The zero-order valence-electron chi connectivity index (χ0n) is 15.4. The van der Waals surface area contributed by atoms with E-state index in [9.17, 15) is 13.6 Å². The quantitative estimate of drug-likeness (QED) is 0.389. The SMILES string of the molecule is CN=C(NCCc1c[nH]c2ccc(F)cc12)NCC(=O)Nc1cccc(F)c1. The lowest BCUT2D eigenvalue weighted by Gasteiger charge is -2.12. The van der Waals surface area contributed by atoms with Crippen LogP contribution in [0.4, 0.5) is 14.5 Å². The Balaban J connectivity index is 1.46. The molecule has 0 bridgehead atoms. The van der Waals surface area contributed by atoms with Crippen molar-refractivity contribution in [2.45, 2.75) is 6.42 Å². The third-order valence-electron chi connectivity index (χ3n) is 4.16. The molecule has 0 aliphatic heterocycles. The number of aliphatic imine (C=N–C) groups is 1. The van der Waals surface area contributed by atoms with Gasteiger partial charge in [-0.1, -0.05) is 6.07 Å². The molecule has 28 heavy (non-hydrogen) atoms. The van der Waals surface area contributed by atoms with Crippen LogP contribution in [0.15, 0.2) is 53.7 Å². The van der Waals surface area contributed by atoms with Crippen LogP contribution in [0.5, 0.6) is 0 Å². The van der Waals surface area contributed by atoms with Crippen molar-refractivity contribution in [3.63, 3.8) is 0 Å². The number of anilines is 1. The van der Waals surface area contributed by atoms with Gasteiger partial charge in [0.15, 0.2) is 5.96 Å². The summed E-state index contributed by atoms with van der Waals surface area (Å²) < 4.78 is 26.6. The molecule has 0 aliphatic carbocycles. The van der Waals surface area contributed by atoms with Gasteiger partial charge in [0.25, 0.3) is 0 Å². The van der Waals surface area contributed by atoms with Crippen molar-refractivity contribution < 1.29 is 13.6 Å². The Hall–Kier alpha value is -3.42. The Morgan fingerprint density at radius 2 is 1.93 bits per heavy atom. The van der Waals surface area contributed by atoms with E-state index in [2.05, 4.69) is 25.9 Å². The van der Waals surface area contributed by atoms with E-state index in [1.807, 2.05) is 6.20 Å². The van der Waals surface area contributed by atoms with Crippen molar-refractivity contribution in [1.82, 2.24) is 15.6 Å². The summed E-state index contributed by atoms with van der Waals surface area (Å²) >= 11 is 0. The minimum Gasteiger partial charge on any atom is -0.361 e. The molecule has 146 valence electrons. The molecule has 1 aromatic heterocycles. The third kappa shape index (κ3) is 5.06. The highest BCUT2D eigenvalue weighted by atomic mass is 19.1. The molecule has 0 atom stereocenters. The van der Waals surface area contributed by atoms with Crippen LogP contribution in [-0.4, -0.2) is 37.0 Å². The van der Waals surface area contributed by atoms with Gasteiger partial charge in [0.05, 0.1) is 6.54 Å². The first-order valence-corrected chi connectivity index (χ1v) is 8.80. The molecule has 3 rings (SSSR count). The van der Waals surface area contributed by atoms with Gasteiger partial charge in [-0.15, -0.1) is 0 Å². The van der Waals surface area contributed by atoms with Gasteiger partial charge in [-0.2, -0.15) is 0 Å². The fraction of sp³-hybridized carbons (Fsp3) is 0.200. The van der Waals surface area contributed by atoms with Crippen LogP contribution >= 0.6 is 0 Å². The highest BCUT2D eigenvalue weighted by molar-refractivity contribution is 5.95. The Labute approximate surface area is 161 Å². The number of hydrogen-bond acceptors (Lipinski definition) is 2. The summed E-state index contributed by atoms with van der Waals surface area (Å²) in [7, 11) is 1.60. The predicted octanol–water partition coefficient (Wildman–Crippen LogP) is 2.79. The van der Waals surface area contributed by atoms with Gasteiger partial charge < -0.3 is 20.9 Å². The first kappa shape index (κ1) is 19.3. The van der Waals surface area contributed by atoms with Crippen molar-refractivity contribution in [3.05, 3.63) is 65.9 Å². The molecule has 0 radical (unpaired) electrons. The molecular formula is C20H21F2N5O. The summed E-state index contributed by atoms with van der Waals surface area (Å²) in [5.74, 6) is -0.551. The van der Waals surface area contributed by atoms with Crippen molar-refractivity contribution in [1.29, 1.82) is 0 Å². The molecule has 2 aromatic carbocycles. The molecule has 3 aromatic rings. The van der Waals surface area contributed by atoms with Crippen LogP contribution in [-0.2, 0) is 11.2 Å². The Kier molecular flexibility index (Phi) is 6.21. The molecular weight excluding hydrogens is 364 g/mol. The lowest BCUT2D eigenvalue weighted by Crippen LogP contribution is -2.42. The van der Waals surface area contributed by atoms with E-state index in [-0.39, 0.29) is 18.3 Å². The topological polar surface area (TPSA) is 81.3 Å². The van der Waals surface area contributed by atoms with Gasteiger partial charge in [0.1, 0.15) is 11.6 Å². The summed E-state index contributed by atoms with van der Waals surface area (Å²) in [6.45, 7) is 0.531. The molecule has 0 spiro atoms. The summed E-state index contributed by atoms with van der Waals surface area (Å²) in [4.78, 5) is 19.1. The number of carbonyl (C=O) groups is 1. The predicted molar refractivity (Wildman–Crippen MR) is 106 cm³/mol. The molecule has 1 heterocycles. The second-order valence-corrected chi connectivity index (χ2v) is 6.16. The monoisotopic (exact) mass is 385 g/mol. The Morgan fingerprint density at radius 3 is 2.71 bits per heavy atom. The normalized spacial score (nSPS) is 11.5. The molecule has 8 heteroatoms. The summed E-state index contributed by atoms with van der Waals surface area (Å²) in [5, 5.41) is 9.45. The second kappa shape index (κ2) is 8.98. The zero-order valence-corrected chi connectivity index (χ0v) is 15.4. The van der Waals surface area contributed by atoms with E-state index in [1.165, 1.54) is 30.3 Å². The number of rotatable bonds is 6. The number of guanidine groups is 1. The number of nitrogens with zero attached hydrogens (tertiary/aromatic N) is 1. The first-order chi connectivity index (χ1) is 13.5. The number of H-pyrrole nitrogens is 1. The average Bonchev–Trinajstić information content (AvgIpc) is 3.06. The average molecular weight is 385 g/mol. The number of amides is 1. The summed E-state index contributed by atoms with van der Waals surface area (Å²) in [6, 6.07) is 10.3. The molecule has 0 unspecified atom stereocenters. The zero-order chi connectivity index (χ0) is 19.9. The molecule has 6 nitrogen and oxygen atoms in total. The standard InChI is InChI=1S/C20H21F2N5O/c1-23-20(26-12-19(28)27-16-4-2-3-14(21)9-16)24-8-7-13-11-25-18-6-5-15(22)10-17(13)18/h2-6,9-11,25H,7-8,12H2,1H3,(H,27,28)(H2,23,24,26). The third-order valence-corrected chi connectivity index (χ3v) is 4.16. The van der Waals surface area contributed by atoms with Crippen LogP contribution in [0.3, 0.4) is 0 Å². The molecule has 0 fully saturated rings. The van der Waals surface area contributed by atoms with Crippen LogP contribution < -0.4 is 16.0 Å². The van der Waals surface area contributed by atoms with Crippen molar-refractivity contribution in [2.24, 2.45) is 4.99 Å². The van der Waals surface area contributed by atoms with Crippen molar-refractivity contribution in [2.75, 3.05) is 25.5 Å². The number of nitrogens with one attached hydrogen (secondary N) is 4. The van der Waals surface area contributed by atoms with Gasteiger partial charge in [-0.05, 0) is 48.4 Å². The van der Waals surface area contributed by atoms with E-state index in [4.69, 9.17) is 0 Å². The highest BCUT2D eigenvalue weighted by Crippen LogP contribution is 2.19. The number of fused-ring (bicyclic) bond motifs is 1. The minimum atomic E-state index is -0.416. The molecule has 0 aliphatic rings. The van der Waals surface area contributed by atoms with Crippen molar-refractivity contribution in [3.8, 4) is 0 Å². The number of hydrogen-bond donors (Lipinski definition) is 4. The smallest absolute Gasteiger partial charge is 0.243 e. The summed E-state index contributed by atoms with van der Waals surface area (Å²) in [6.07, 6.45) is 2.51. The number of carbonyl (C=O) groups excluding carboxylic acids is 1. The number of benzene rings is 2. The maximum atomic E-state index is 13.4. The van der Waals surface area contributed by atoms with Gasteiger partial charge in [0, 0.05) is 36.4 Å². The Morgan fingerprint density at radius 1 is 1.11 bits per heavy atom. The molecule has 0 saturated carbocycles. The van der Waals surface area contributed by atoms with Crippen LogP contribution in [0, 0.1) is 11.6 Å². The van der Waals surface area contributed by atoms with E-state index < -0.39 is 5.82 Å². The highest BCUT2D eigenvalue weighted by Gasteiger charge is 2.07. The number of halogens is 2. The van der Waals surface area contributed by atoms with E-state index in [0.29, 0.717) is 24.6 Å². The fourth-order valence-corrected chi connectivity index (χ4v) is 2.83. The van der Waals surface area contributed by atoms with Gasteiger partial charge in [-0.25, -0.2) is 8.78 Å². The van der Waals surface area contributed by atoms with Gasteiger partial charge >= 0.3 is 0 Å². The van der Waals surface area contributed by atoms with E-state index >= 15 is 0 Å². The molecule has 4 N–H and O–H groups in total. The lowest BCUT2D eigenvalue weighted by molar-refractivity contribution is -0.115. The molecule has 1 amide bonds. The number of aromatic nitrogens is 1. The maximum Gasteiger partial charge on any atom is 0.243 e. The van der Waals surface area contributed by atoms with Gasteiger partial charge in [-0.3, -0.25) is 9.79 Å². The van der Waals surface area contributed by atoms with Crippen LogP contribution in [0.2, 0.25) is 0 Å². The largest absolute Gasteiger partial charge is 0.361 e. The first-order valence-electron chi connectivity index (χ1n) is 8.80. The fourth-order valence-electron chi connectivity index (χ4n) is 2.83. The number of aromatic amines is 1. The minimum absolute atomic E-state index is 0.0194. The van der Waals surface area contributed by atoms with E-state index in [0.717, 1.165) is 16.5 Å². The summed E-state index contributed by atoms with van der Waals surface area (Å²) in [5.41, 5.74) is 2.26. The lowest BCUT2D eigenvalue weighted by atomic mass is 10.1. The van der Waals surface area contributed by atoms with Crippen molar-refractivity contribution >= 4 is 28.5 Å². The Bertz CT molecular complexity index is 999. The van der Waals surface area contributed by atoms with E-state index in [1.54, 1.807) is 19.2 Å². The maximum absolute atomic E-state index is 13.4.